The molecule has 92 valence electrons. The van der Waals surface area contributed by atoms with Gasteiger partial charge < -0.3 is 10.6 Å². The molecule has 4 nitrogen and oxygen atoms in total. The molecule has 0 saturated heterocycles. The molecule has 5 heteroatoms. The molecular weight excluding hydrogens is 232 g/mol. The topological polar surface area (TPSA) is 55.0 Å². The number of thiophene rings is 1. The maximum Gasteiger partial charge on any atom is 0.223 e. The van der Waals surface area contributed by atoms with E-state index in [1.807, 2.05) is 5.38 Å². The number of unbranched alkanes of at least 4 members (excludes halogenated alkanes) is 1. The van der Waals surface area contributed by atoms with Crippen LogP contribution in [0.2, 0.25) is 0 Å². The molecule has 0 fully saturated rings. The first-order valence-corrected chi connectivity index (χ1v) is 6.89. The second kappa shape index (κ2) is 5.31. The first-order valence-electron chi connectivity index (χ1n) is 6.02. The van der Waals surface area contributed by atoms with E-state index in [-0.39, 0.29) is 0 Å². The summed E-state index contributed by atoms with van der Waals surface area (Å²) < 4.78 is 0. The lowest BCUT2D eigenvalue weighted by Crippen LogP contribution is -2.25. The zero-order valence-corrected chi connectivity index (χ0v) is 11.1. The van der Waals surface area contributed by atoms with Gasteiger partial charge in [0, 0.05) is 13.1 Å². The SMILES string of the molecule is CCCCN(CC)c1nc(N)nc2sccc12. The molecular formula is C12H18N4S. The Morgan fingerprint density at radius 3 is 2.88 bits per heavy atom. The predicted molar refractivity (Wildman–Crippen MR) is 74.6 cm³/mol. The number of nitrogens with zero attached hydrogens (tertiary/aromatic N) is 3. The highest BCUT2D eigenvalue weighted by molar-refractivity contribution is 7.16. The standard InChI is InChI=1S/C12H18N4S/c1-3-5-7-16(4-2)10-9-6-8-17-11(9)15-12(13)14-10/h6,8H,3-5,7H2,1-2H3,(H2,13,14,15). The molecule has 0 amide bonds. The van der Waals surface area contributed by atoms with Crippen LogP contribution in [0.5, 0.6) is 0 Å². The highest BCUT2D eigenvalue weighted by Crippen LogP contribution is 2.28. The molecule has 0 atom stereocenters. The Balaban J connectivity index is 2.40. The number of anilines is 2. The van der Waals surface area contributed by atoms with E-state index in [2.05, 4.69) is 34.8 Å². The second-order valence-electron chi connectivity index (χ2n) is 3.98. The summed E-state index contributed by atoms with van der Waals surface area (Å²) in [5, 5.41) is 3.15. The number of aromatic nitrogens is 2. The fraction of sp³-hybridized carbons (Fsp3) is 0.500. The molecule has 0 aromatic carbocycles. The third-order valence-corrected chi connectivity index (χ3v) is 3.59. The minimum Gasteiger partial charge on any atom is -0.368 e. The minimum absolute atomic E-state index is 0.366. The van der Waals surface area contributed by atoms with Gasteiger partial charge in [-0.05, 0) is 24.8 Å². The molecule has 0 aliphatic rings. The van der Waals surface area contributed by atoms with Crippen molar-refractivity contribution in [3.05, 3.63) is 11.4 Å². The van der Waals surface area contributed by atoms with E-state index in [9.17, 15) is 0 Å². The average Bonchev–Trinajstić information content (AvgIpc) is 2.77. The summed E-state index contributed by atoms with van der Waals surface area (Å²) in [5.41, 5.74) is 5.76. The van der Waals surface area contributed by atoms with Crippen LogP contribution in [-0.4, -0.2) is 23.1 Å². The van der Waals surface area contributed by atoms with Crippen molar-refractivity contribution in [2.75, 3.05) is 23.7 Å². The number of nitrogen functional groups attached to an aromatic ring is 1. The van der Waals surface area contributed by atoms with Crippen molar-refractivity contribution in [2.45, 2.75) is 26.7 Å². The van der Waals surface area contributed by atoms with Gasteiger partial charge >= 0.3 is 0 Å². The van der Waals surface area contributed by atoms with Crippen LogP contribution in [0.1, 0.15) is 26.7 Å². The first-order chi connectivity index (χ1) is 8.26. The molecule has 0 spiro atoms. The van der Waals surface area contributed by atoms with Gasteiger partial charge in [-0.1, -0.05) is 13.3 Å². The van der Waals surface area contributed by atoms with Gasteiger partial charge in [-0.2, -0.15) is 4.98 Å². The Labute approximate surface area is 105 Å². The molecule has 2 aromatic heterocycles. The van der Waals surface area contributed by atoms with Crippen molar-refractivity contribution >= 4 is 33.3 Å². The van der Waals surface area contributed by atoms with Crippen LogP contribution in [0.15, 0.2) is 11.4 Å². The van der Waals surface area contributed by atoms with Crippen LogP contribution in [0.4, 0.5) is 11.8 Å². The number of fused-ring (bicyclic) bond motifs is 1. The van der Waals surface area contributed by atoms with Crippen molar-refractivity contribution in [1.29, 1.82) is 0 Å². The fourth-order valence-electron chi connectivity index (χ4n) is 1.86. The Bertz CT molecular complexity index is 494. The van der Waals surface area contributed by atoms with Gasteiger partial charge in [-0.15, -0.1) is 11.3 Å². The van der Waals surface area contributed by atoms with Gasteiger partial charge in [0.2, 0.25) is 5.95 Å². The Morgan fingerprint density at radius 2 is 2.18 bits per heavy atom. The number of hydrogen-bond acceptors (Lipinski definition) is 5. The molecule has 2 aromatic rings. The van der Waals surface area contributed by atoms with E-state index < -0.39 is 0 Å². The van der Waals surface area contributed by atoms with Crippen molar-refractivity contribution in [3.8, 4) is 0 Å². The quantitative estimate of drug-likeness (QED) is 0.886. The minimum atomic E-state index is 0.366. The molecule has 2 N–H and O–H groups in total. The monoisotopic (exact) mass is 250 g/mol. The maximum atomic E-state index is 5.76. The molecule has 2 heterocycles. The summed E-state index contributed by atoms with van der Waals surface area (Å²) in [6, 6.07) is 2.07. The summed E-state index contributed by atoms with van der Waals surface area (Å²) in [6.45, 7) is 6.31. The van der Waals surface area contributed by atoms with Crippen LogP contribution in [0.25, 0.3) is 10.2 Å². The average molecular weight is 250 g/mol. The Morgan fingerprint density at radius 1 is 1.35 bits per heavy atom. The largest absolute Gasteiger partial charge is 0.368 e. The predicted octanol–water partition coefficient (Wildman–Crippen LogP) is 2.90. The summed E-state index contributed by atoms with van der Waals surface area (Å²) >= 11 is 1.61. The van der Waals surface area contributed by atoms with E-state index in [1.165, 1.54) is 12.8 Å². The highest BCUT2D eigenvalue weighted by Gasteiger charge is 2.12. The van der Waals surface area contributed by atoms with Crippen molar-refractivity contribution in [3.63, 3.8) is 0 Å². The van der Waals surface area contributed by atoms with Gasteiger partial charge in [0.25, 0.3) is 0 Å². The highest BCUT2D eigenvalue weighted by atomic mass is 32.1. The Kier molecular flexibility index (Phi) is 3.78. The van der Waals surface area contributed by atoms with E-state index in [4.69, 9.17) is 5.73 Å². The summed E-state index contributed by atoms with van der Waals surface area (Å²) in [5.74, 6) is 1.34. The smallest absolute Gasteiger partial charge is 0.223 e. The lowest BCUT2D eigenvalue weighted by Gasteiger charge is -2.22. The molecule has 2 rings (SSSR count). The van der Waals surface area contributed by atoms with Crippen molar-refractivity contribution in [2.24, 2.45) is 0 Å². The van der Waals surface area contributed by atoms with Gasteiger partial charge in [0.05, 0.1) is 5.39 Å². The molecule has 0 saturated carbocycles. The summed E-state index contributed by atoms with van der Waals surface area (Å²) in [7, 11) is 0. The van der Waals surface area contributed by atoms with Crippen LogP contribution in [0, 0.1) is 0 Å². The zero-order chi connectivity index (χ0) is 12.3. The normalized spacial score (nSPS) is 10.9. The van der Waals surface area contributed by atoms with Crippen LogP contribution >= 0.6 is 11.3 Å². The number of rotatable bonds is 5. The second-order valence-corrected chi connectivity index (χ2v) is 4.87. The van der Waals surface area contributed by atoms with E-state index >= 15 is 0 Å². The van der Waals surface area contributed by atoms with Gasteiger partial charge in [-0.25, -0.2) is 4.98 Å². The van der Waals surface area contributed by atoms with E-state index in [1.54, 1.807) is 11.3 Å². The van der Waals surface area contributed by atoms with Gasteiger partial charge in [-0.3, -0.25) is 0 Å². The lowest BCUT2D eigenvalue weighted by molar-refractivity contribution is 0.726. The number of hydrogen-bond donors (Lipinski definition) is 1. The molecule has 0 bridgehead atoms. The van der Waals surface area contributed by atoms with Gasteiger partial charge in [0.15, 0.2) is 0 Å². The molecule has 17 heavy (non-hydrogen) atoms. The third kappa shape index (κ3) is 2.49. The molecule has 0 radical (unpaired) electrons. The summed E-state index contributed by atoms with van der Waals surface area (Å²) in [6.07, 6.45) is 2.35. The van der Waals surface area contributed by atoms with E-state index in [0.29, 0.717) is 5.95 Å². The van der Waals surface area contributed by atoms with Crippen LogP contribution < -0.4 is 10.6 Å². The van der Waals surface area contributed by atoms with E-state index in [0.717, 1.165) is 29.1 Å². The fourth-order valence-corrected chi connectivity index (χ4v) is 2.63. The first kappa shape index (κ1) is 12.1. The molecule has 0 unspecified atom stereocenters. The maximum absolute atomic E-state index is 5.76. The third-order valence-electron chi connectivity index (χ3n) is 2.79. The molecule has 0 aliphatic carbocycles. The van der Waals surface area contributed by atoms with Gasteiger partial charge in [0.1, 0.15) is 10.6 Å². The Hall–Kier alpha value is -1.36. The molecule has 0 aliphatic heterocycles. The van der Waals surface area contributed by atoms with Crippen LogP contribution in [0.3, 0.4) is 0 Å². The van der Waals surface area contributed by atoms with Crippen molar-refractivity contribution < 1.29 is 0 Å². The number of nitrogens with two attached hydrogens (primary N) is 1. The summed E-state index contributed by atoms with van der Waals surface area (Å²) in [4.78, 5) is 11.9. The van der Waals surface area contributed by atoms with Crippen LogP contribution in [-0.2, 0) is 0 Å². The lowest BCUT2D eigenvalue weighted by atomic mass is 10.3. The van der Waals surface area contributed by atoms with Crippen molar-refractivity contribution in [1.82, 2.24) is 9.97 Å². The zero-order valence-electron chi connectivity index (χ0n) is 10.3.